The lowest BCUT2D eigenvalue weighted by Crippen LogP contribution is -2.52. The lowest BCUT2D eigenvalue weighted by molar-refractivity contribution is -0.144. The average Bonchev–Trinajstić information content (AvgIpc) is 3.21. The summed E-state index contributed by atoms with van der Waals surface area (Å²) in [5.74, 6) is -0.777. The predicted molar refractivity (Wildman–Crippen MR) is 95.6 cm³/mol. The van der Waals surface area contributed by atoms with E-state index in [1.807, 2.05) is 0 Å². The van der Waals surface area contributed by atoms with Gasteiger partial charge >= 0.3 is 5.97 Å². The van der Waals surface area contributed by atoms with Crippen LogP contribution in [0.4, 0.5) is 0 Å². The summed E-state index contributed by atoms with van der Waals surface area (Å²) in [5, 5.41) is 9.28. The second-order valence-corrected chi connectivity index (χ2v) is 9.49. The number of carboxylic acid groups (broad SMARTS) is 1. The Bertz CT molecular complexity index is 606. The van der Waals surface area contributed by atoms with Crippen LogP contribution in [0, 0.1) is 0 Å². The number of amides is 1. The van der Waals surface area contributed by atoms with Crippen LogP contribution in [0.25, 0.3) is 0 Å². The van der Waals surface area contributed by atoms with Crippen LogP contribution in [-0.4, -0.2) is 77.9 Å². The van der Waals surface area contributed by atoms with Gasteiger partial charge in [0.15, 0.2) is 9.84 Å². The number of hydrogen-bond donors (Lipinski definition) is 1. The molecule has 0 spiro atoms. The summed E-state index contributed by atoms with van der Waals surface area (Å²) >= 11 is 0. The van der Waals surface area contributed by atoms with E-state index in [1.54, 1.807) is 9.80 Å². The minimum atomic E-state index is -3.06. The summed E-state index contributed by atoms with van der Waals surface area (Å²) in [6.45, 7) is 0.703. The number of sulfone groups is 1. The Labute approximate surface area is 155 Å². The molecule has 3 rings (SSSR count). The van der Waals surface area contributed by atoms with Crippen molar-refractivity contribution in [2.75, 3.05) is 24.6 Å². The van der Waals surface area contributed by atoms with Gasteiger partial charge in [0.25, 0.3) is 0 Å². The van der Waals surface area contributed by atoms with Gasteiger partial charge in [0.2, 0.25) is 5.91 Å². The third-order valence-corrected chi connectivity index (χ3v) is 7.35. The zero-order valence-electron chi connectivity index (χ0n) is 14.3. The maximum absolute atomic E-state index is 12.9. The quantitative estimate of drug-likeness (QED) is 0.744. The monoisotopic (exact) mass is 394 g/mol. The maximum atomic E-state index is 12.9. The fourth-order valence-electron chi connectivity index (χ4n) is 4.43. The molecule has 2 heterocycles. The Morgan fingerprint density at radius 1 is 1.04 bits per heavy atom. The second kappa shape index (κ2) is 8.22. The van der Waals surface area contributed by atoms with Gasteiger partial charge in [-0.1, -0.05) is 12.8 Å². The van der Waals surface area contributed by atoms with Crippen LogP contribution in [0.3, 0.4) is 0 Å². The highest BCUT2D eigenvalue weighted by atomic mass is 35.5. The molecular formula is C16H27ClN2O5S. The second-order valence-electron chi connectivity index (χ2n) is 7.26. The molecular weight excluding hydrogens is 368 g/mol. The van der Waals surface area contributed by atoms with E-state index < -0.39 is 21.8 Å². The molecule has 7 nitrogen and oxygen atoms in total. The minimum Gasteiger partial charge on any atom is -0.480 e. The average molecular weight is 395 g/mol. The van der Waals surface area contributed by atoms with Crippen molar-refractivity contribution < 1.29 is 23.1 Å². The first-order valence-electron chi connectivity index (χ1n) is 8.86. The van der Waals surface area contributed by atoms with Crippen LogP contribution in [0.5, 0.6) is 0 Å². The number of hydrogen-bond acceptors (Lipinski definition) is 5. The number of rotatable bonds is 5. The molecule has 1 saturated carbocycles. The lowest BCUT2D eigenvalue weighted by Gasteiger charge is -2.35. The van der Waals surface area contributed by atoms with Crippen LogP contribution in [0.2, 0.25) is 0 Å². The number of carbonyl (C=O) groups excluding carboxylic acids is 1. The molecule has 0 aromatic rings. The van der Waals surface area contributed by atoms with E-state index in [9.17, 15) is 23.1 Å². The predicted octanol–water partition coefficient (Wildman–Crippen LogP) is 0.915. The molecule has 1 N–H and O–H groups in total. The number of aliphatic carboxylic acids is 1. The molecule has 2 unspecified atom stereocenters. The molecule has 0 aromatic carbocycles. The molecule has 0 radical (unpaired) electrons. The highest BCUT2D eigenvalue weighted by Gasteiger charge is 2.40. The first kappa shape index (κ1) is 20.5. The normalized spacial score (nSPS) is 29.4. The largest absolute Gasteiger partial charge is 0.480 e. The molecule has 25 heavy (non-hydrogen) atoms. The van der Waals surface area contributed by atoms with Crippen molar-refractivity contribution in [3.63, 3.8) is 0 Å². The van der Waals surface area contributed by atoms with Crippen molar-refractivity contribution in [1.82, 2.24) is 9.80 Å². The van der Waals surface area contributed by atoms with Crippen LogP contribution in [-0.2, 0) is 19.4 Å². The first-order valence-corrected chi connectivity index (χ1v) is 10.7. The molecule has 144 valence electrons. The van der Waals surface area contributed by atoms with Gasteiger partial charge in [0.05, 0.1) is 18.1 Å². The molecule has 3 aliphatic rings. The van der Waals surface area contributed by atoms with Gasteiger partial charge in [-0.05, 0) is 38.6 Å². The molecule has 2 saturated heterocycles. The van der Waals surface area contributed by atoms with E-state index in [-0.39, 0.29) is 48.4 Å². The smallest absolute Gasteiger partial charge is 0.320 e. The van der Waals surface area contributed by atoms with E-state index in [1.165, 1.54) is 0 Å². The van der Waals surface area contributed by atoms with Gasteiger partial charge in [0.1, 0.15) is 6.04 Å². The standard InChI is InChI=1S/C16H26N2O5S.ClH/c19-15(10-17-8-3-6-14(17)16(20)21)18(12-4-1-2-5-12)13-7-9-24(22,23)11-13;/h12-14H,1-11H2,(H,20,21);1H. The summed E-state index contributed by atoms with van der Waals surface area (Å²) in [7, 11) is -3.06. The first-order chi connectivity index (χ1) is 11.4. The highest BCUT2D eigenvalue weighted by Crippen LogP contribution is 2.30. The molecule has 0 aromatic heterocycles. The summed E-state index contributed by atoms with van der Waals surface area (Å²) in [4.78, 5) is 27.8. The minimum absolute atomic E-state index is 0. The van der Waals surface area contributed by atoms with E-state index in [0.29, 0.717) is 19.4 Å². The maximum Gasteiger partial charge on any atom is 0.320 e. The van der Waals surface area contributed by atoms with E-state index in [4.69, 9.17) is 0 Å². The number of carbonyl (C=O) groups is 2. The van der Waals surface area contributed by atoms with Crippen molar-refractivity contribution in [3.05, 3.63) is 0 Å². The Morgan fingerprint density at radius 2 is 1.72 bits per heavy atom. The van der Waals surface area contributed by atoms with Crippen molar-refractivity contribution in [2.45, 2.75) is 63.1 Å². The molecule has 1 aliphatic carbocycles. The third-order valence-electron chi connectivity index (χ3n) is 5.59. The van der Waals surface area contributed by atoms with Crippen molar-refractivity contribution in [1.29, 1.82) is 0 Å². The van der Waals surface area contributed by atoms with E-state index in [2.05, 4.69) is 0 Å². The fourth-order valence-corrected chi connectivity index (χ4v) is 6.14. The van der Waals surface area contributed by atoms with Gasteiger partial charge in [-0.3, -0.25) is 14.5 Å². The SMILES string of the molecule is Cl.O=C(O)C1CCCN1CC(=O)N(C1CCCC1)C1CCS(=O)(=O)C1. The van der Waals surface area contributed by atoms with Crippen molar-refractivity contribution in [2.24, 2.45) is 0 Å². The number of nitrogens with zero attached hydrogens (tertiary/aromatic N) is 2. The molecule has 3 fully saturated rings. The van der Waals surface area contributed by atoms with E-state index in [0.717, 1.165) is 32.1 Å². The number of halogens is 1. The zero-order valence-corrected chi connectivity index (χ0v) is 15.9. The summed E-state index contributed by atoms with van der Waals surface area (Å²) < 4.78 is 23.7. The van der Waals surface area contributed by atoms with Gasteiger partial charge in [-0.15, -0.1) is 12.4 Å². The van der Waals surface area contributed by atoms with Crippen LogP contribution < -0.4 is 0 Å². The Morgan fingerprint density at radius 3 is 2.28 bits per heavy atom. The van der Waals surface area contributed by atoms with Crippen molar-refractivity contribution in [3.8, 4) is 0 Å². The number of likely N-dealkylation sites (tertiary alicyclic amines) is 1. The third kappa shape index (κ3) is 4.65. The lowest BCUT2D eigenvalue weighted by atomic mass is 10.1. The Kier molecular flexibility index (Phi) is 6.73. The Balaban J connectivity index is 0.00000225. The number of carboxylic acids is 1. The van der Waals surface area contributed by atoms with Gasteiger partial charge in [-0.2, -0.15) is 0 Å². The summed E-state index contributed by atoms with van der Waals surface area (Å²) in [6.07, 6.45) is 5.84. The molecule has 2 aliphatic heterocycles. The molecule has 1 amide bonds. The fraction of sp³-hybridized carbons (Fsp3) is 0.875. The molecule has 2 atom stereocenters. The summed E-state index contributed by atoms with van der Waals surface area (Å²) in [6, 6.07) is -0.718. The topological polar surface area (TPSA) is 95.0 Å². The van der Waals surface area contributed by atoms with Crippen LogP contribution in [0.1, 0.15) is 44.9 Å². The van der Waals surface area contributed by atoms with Gasteiger partial charge in [0, 0.05) is 12.1 Å². The van der Waals surface area contributed by atoms with Crippen molar-refractivity contribution >= 4 is 34.1 Å². The molecule has 9 heteroatoms. The Hall–Kier alpha value is -0.860. The summed E-state index contributed by atoms with van der Waals surface area (Å²) in [5.41, 5.74) is 0. The molecule has 0 bridgehead atoms. The van der Waals surface area contributed by atoms with Crippen LogP contribution in [0.15, 0.2) is 0 Å². The van der Waals surface area contributed by atoms with E-state index >= 15 is 0 Å². The van der Waals surface area contributed by atoms with Gasteiger partial charge < -0.3 is 10.0 Å². The highest BCUT2D eigenvalue weighted by molar-refractivity contribution is 7.91. The van der Waals surface area contributed by atoms with Gasteiger partial charge in [-0.25, -0.2) is 8.42 Å². The zero-order chi connectivity index (χ0) is 17.3. The van der Waals surface area contributed by atoms with Crippen LogP contribution >= 0.6 is 12.4 Å².